The third-order valence-corrected chi connectivity index (χ3v) is 2.89. The van der Waals surface area contributed by atoms with E-state index < -0.39 is 0 Å². The molecular weight excluding hydrogens is 136 g/mol. The van der Waals surface area contributed by atoms with Crippen LogP contribution in [0.2, 0.25) is 0 Å². The van der Waals surface area contributed by atoms with Crippen LogP contribution >= 0.6 is 0 Å². The first-order chi connectivity index (χ1) is 5.33. The molecule has 0 heterocycles. The molecule has 0 spiro atoms. The fraction of sp³-hybridized carbons (Fsp3) is 0.900. The van der Waals surface area contributed by atoms with E-state index in [1.807, 2.05) is 0 Å². The summed E-state index contributed by atoms with van der Waals surface area (Å²) in [6.07, 6.45) is 9.19. The van der Waals surface area contributed by atoms with Crippen molar-refractivity contribution in [2.75, 3.05) is 13.7 Å². The molecule has 1 nitrogen and oxygen atoms in total. The predicted octanol–water partition coefficient (Wildman–Crippen LogP) is 2.81. The molecular formula is C10H19O. The Hall–Kier alpha value is -0.0400. The summed E-state index contributed by atoms with van der Waals surface area (Å²) in [4.78, 5) is 0. The Morgan fingerprint density at radius 3 is 2.36 bits per heavy atom. The average molecular weight is 155 g/mol. The molecule has 11 heavy (non-hydrogen) atoms. The lowest BCUT2D eigenvalue weighted by Crippen LogP contribution is -2.28. The normalized spacial score (nSPS) is 23.5. The minimum atomic E-state index is 0.424. The summed E-state index contributed by atoms with van der Waals surface area (Å²) >= 11 is 0. The fourth-order valence-electron chi connectivity index (χ4n) is 2.06. The predicted molar refractivity (Wildman–Crippen MR) is 47.4 cm³/mol. The van der Waals surface area contributed by atoms with Crippen LogP contribution in [-0.4, -0.2) is 13.7 Å². The largest absolute Gasteiger partial charge is 0.384 e. The Balaban J connectivity index is 2.42. The van der Waals surface area contributed by atoms with Gasteiger partial charge in [0.1, 0.15) is 0 Å². The van der Waals surface area contributed by atoms with Gasteiger partial charge in [-0.3, -0.25) is 0 Å². The van der Waals surface area contributed by atoms with Crippen molar-refractivity contribution in [3.8, 4) is 0 Å². The molecule has 1 heteroatoms. The molecule has 1 rings (SSSR count). The van der Waals surface area contributed by atoms with Crippen LogP contribution in [-0.2, 0) is 4.74 Å². The van der Waals surface area contributed by atoms with Gasteiger partial charge in [0.15, 0.2) is 0 Å². The van der Waals surface area contributed by atoms with Crippen molar-refractivity contribution < 1.29 is 4.74 Å². The molecule has 1 fully saturated rings. The van der Waals surface area contributed by atoms with Gasteiger partial charge in [0, 0.05) is 7.11 Å². The van der Waals surface area contributed by atoms with Gasteiger partial charge in [-0.05, 0) is 24.7 Å². The maximum Gasteiger partial charge on any atom is 0.0521 e. The lowest BCUT2D eigenvalue weighted by atomic mass is 9.73. The van der Waals surface area contributed by atoms with Gasteiger partial charge in [-0.2, -0.15) is 0 Å². The Labute approximate surface area is 70.1 Å². The Bertz CT molecular complexity index is 97.9. The maximum atomic E-state index is 5.24. The first kappa shape index (κ1) is 9.05. The van der Waals surface area contributed by atoms with E-state index >= 15 is 0 Å². The van der Waals surface area contributed by atoms with Gasteiger partial charge < -0.3 is 4.74 Å². The van der Waals surface area contributed by atoms with E-state index in [9.17, 15) is 0 Å². The van der Waals surface area contributed by atoms with E-state index in [1.54, 1.807) is 7.11 Å². The molecule has 1 aliphatic carbocycles. The van der Waals surface area contributed by atoms with Crippen LogP contribution in [0, 0.1) is 11.8 Å². The van der Waals surface area contributed by atoms with Crippen LogP contribution in [0.25, 0.3) is 0 Å². The van der Waals surface area contributed by atoms with Crippen LogP contribution in [0.5, 0.6) is 0 Å². The monoisotopic (exact) mass is 155 g/mol. The van der Waals surface area contributed by atoms with E-state index in [4.69, 9.17) is 4.74 Å². The van der Waals surface area contributed by atoms with Gasteiger partial charge in [0.2, 0.25) is 0 Å². The van der Waals surface area contributed by atoms with Gasteiger partial charge in [0.25, 0.3) is 0 Å². The standard InChI is InChI=1S/C10H19O/c1-3-10(9-11-2)7-5-4-6-8-10/h3H,4-9H2,1-2H3. The molecule has 0 unspecified atom stereocenters. The summed E-state index contributed by atoms with van der Waals surface area (Å²) in [6.45, 7) is 3.09. The van der Waals surface area contributed by atoms with Crippen molar-refractivity contribution in [3.63, 3.8) is 0 Å². The van der Waals surface area contributed by atoms with Crippen molar-refractivity contribution in [1.29, 1.82) is 0 Å². The molecule has 0 saturated heterocycles. The average Bonchev–Trinajstić information content (AvgIpc) is 2.07. The van der Waals surface area contributed by atoms with Crippen LogP contribution < -0.4 is 0 Å². The summed E-state index contributed by atoms with van der Waals surface area (Å²) < 4.78 is 5.24. The molecule has 1 aliphatic rings. The summed E-state index contributed by atoms with van der Waals surface area (Å²) in [6, 6.07) is 0. The summed E-state index contributed by atoms with van der Waals surface area (Å²) in [5.74, 6) is 0. The highest BCUT2D eigenvalue weighted by atomic mass is 16.5. The van der Waals surface area contributed by atoms with Gasteiger partial charge >= 0.3 is 0 Å². The second-order valence-electron chi connectivity index (χ2n) is 3.64. The molecule has 0 atom stereocenters. The Kier molecular flexibility index (Phi) is 3.38. The highest BCUT2D eigenvalue weighted by Crippen LogP contribution is 2.38. The van der Waals surface area contributed by atoms with Crippen LogP contribution in [0.3, 0.4) is 0 Å². The second kappa shape index (κ2) is 4.10. The highest BCUT2D eigenvalue weighted by molar-refractivity contribution is 4.91. The minimum Gasteiger partial charge on any atom is -0.384 e. The number of hydrogen-bond donors (Lipinski definition) is 0. The summed E-state index contributed by atoms with van der Waals surface area (Å²) in [7, 11) is 1.81. The van der Waals surface area contributed by atoms with Crippen molar-refractivity contribution >= 4 is 0 Å². The smallest absolute Gasteiger partial charge is 0.0521 e. The van der Waals surface area contributed by atoms with E-state index in [0.717, 1.165) is 6.61 Å². The number of ether oxygens (including phenoxy) is 1. The highest BCUT2D eigenvalue weighted by Gasteiger charge is 2.29. The minimum absolute atomic E-state index is 0.424. The summed E-state index contributed by atoms with van der Waals surface area (Å²) in [5, 5.41) is 0. The SMILES string of the molecule is C[CH]C1(COC)CCCCC1. The molecule has 1 radical (unpaired) electrons. The summed E-state index contributed by atoms with van der Waals surface area (Å²) in [5.41, 5.74) is 0.424. The number of hydrogen-bond acceptors (Lipinski definition) is 1. The third-order valence-electron chi connectivity index (χ3n) is 2.89. The molecule has 0 N–H and O–H groups in total. The van der Waals surface area contributed by atoms with Crippen LogP contribution in [0.15, 0.2) is 0 Å². The Morgan fingerprint density at radius 1 is 1.27 bits per heavy atom. The molecule has 0 aromatic heterocycles. The molecule has 0 aromatic rings. The molecule has 0 amide bonds. The maximum absolute atomic E-state index is 5.24. The van der Waals surface area contributed by atoms with Crippen molar-refractivity contribution in [2.24, 2.45) is 5.41 Å². The first-order valence-electron chi connectivity index (χ1n) is 4.62. The van der Waals surface area contributed by atoms with Crippen LogP contribution in [0.1, 0.15) is 39.0 Å². The first-order valence-corrected chi connectivity index (χ1v) is 4.62. The van der Waals surface area contributed by atoms with Gasteiger partial charge in [-0.25, -0.2) is 0 Å². The molecule has 65 valence electrons. The lowest BCUT2D eigenvalue weighted by Gasteiger charge is -2.35. The van der Waals surface area contributed by atoms with Crippen molar-refractivity contribution in [3.05, 3.63) is 6.42 Å². The lowest BCUT2D eigenvalue weighted by molar-refractivity contribution is 0.0728. The topological polar surface area (TPSA) is 9.23 Å². The Morgan fingerprint density at radius 2 is 1.91 bits per heavy atom. The molecule has 0 aliphatic heterocycles. The van der Waals surface area contributed by atoms with Crippen molar-refractivity contribution in [2.45, 2.75) is 39.0 Å². The van der Waals surface area contributed by atoms with E-state index in [-0.39, 0.29) is 0 Å². The quantitative estimate of drug-likeness (QED) is 0.609. The van der Waals surface area contributed by atoms with Gasteiger partial charge in [-0.15, -0.1) is 0 Å². The van der Waals surface area contributed by atoms with Crippen LogP contribution in [0.4, 0.5) is 0 Å². The van der Waals surface area contributed by atoms with E-state index in [0.29, 0.717) is 5.41 Å². The van der Waals surface area contributed by atoms with E-state index in [2.05, 4.69) is 13.3 Å². The fourth-order valence-corrected chi connectivity index (χ4v) is 2.06. The second-order valence-corrected chi connectivity index (χ2v) is 3.64. The zero-order valence-corrected chi connectivity index (χ0v) is 7.73. The van der Waals surface area contributed by atoms with E-state index in [1.165, 1.54) is 32.1 Å². The molecule has 0 bridgehead atoms. The van der Waals surface area contributed by atoms with Gasteiger partial charge in [-0.1, -0.05) is 26.2 Å². The number of methoxy groups -OCH3 is 1. The molecule has 0 aromatic carbocycles. The van der Waals surface area contributed by atoms with Gasteiger partial charge in [0.05, 0.1) is 6.61 Å². The molecule has 1 saturated carbocycles. The van der Waals surface area contributed by atoms with Crippen molar-refractivity contribution in [1.82, 2.24) is 0 Å². The number of rotatable bonds is 3. The zero-order chi connectivity index (χ0) is 8.16. The zero-order valence-electron chi connectivity index (χ0n) is 7.73. The third kappa shape index (κ3) is 2.19.